The summed E-state index contributed by atoms with van der Waals surface area (Å²) in [6.45, 7) is 6.50. The number of hydrogen-bond acceptors (Lipinski definition) is 3. The topological polar surface area (TPSA) is 33.1 Å². The molecule has 0 radical (unpaired) electrons. The number of aliphatic hydroxyl groups excluding tert-OH is 1. The first-order valence-corrected chi connectivity index (χ1v) is 6.97. The summed E-state index contributed by atoms with van der Waals surface area (Å²) in [7, 11) is 0. The molecule has 2 rings (SSSR count). The van der Waals surface area contributed by atoms with Crippen LogP contribution < -0.4 is 0 Å². The van der Waals surface area contributed by atoms with Crippen LogP contribution in [0.5, 0.6) is 0 Å². The summed E-state index contributed by atoms with van der Waals surface area (Å²) in [6.07, 6.45) is 0.866. The summed E-state index contributed by atoms with van der Waals surface area (Å²) in [4.78, 5) is 4.10. The summed E-state index contributed by atoms with van der Waals surface area (Å²) in [6, 6.07) is 7.99. The van der Waals surface area contributed by atoms with Crippen LogP contribution in [0.1, 0.15) is 43.0 Å². The lowest BCUT2D eigenvalue weighted by Crippen LogP contribution is -2.11. The van der Waals surface area contributed by atoms with E-state index in [4.69, 9.17) is 11.6 Å². The maximum Gasteiger partial charge on any atom is 0.131 e. The number of aliphatic hydroxyl groups is 1. The summed E-state index contributed by atoms with van der Waals surface area (Å²) in [5, 5.41) is 10.8. The highest BCUT2D eigenvalue weighted by Crippen LogP contribution is 2.30. The van der Waals surface area contributed by atoms with Crippen LogP contribution in [0.2, 0.25) is 4.34 Å². The van der Waals surface area contributed by atoms with Crippen molar-refractivity contribution in [1.82, 2.24) is 4.98 Å². The molecule has 1 unspecified atom stereocenters. The molecule has 2 nitrogen and oxygen atoms in total. The van der Waals surface area contributed by atoms with E-state index in [1.807, 2.05) is 24.3 Å². The molecule has 4 heteroatoms. The van der Waals surface area contributed by atoms with Gasteiger partial charge in [-0.05, 0) is 16.5 Å². The molecule has 0 aliphatic carbocycles. The molecule has 18 heavy (non-hydrogen) atoms. The summed E-state index contributed by atoms with van der Waals surface area (Å²) in [5.74, 6) is 0. The Balaban J connectivity index is 2.24. The predicted molar refractivity (Wildman–Crippen MR) is 76.3 cm³/mol. The van der Waals surface area contributed by atoms with Gasteiger partial charge in [0.1, 0.15) is 15.4 Å². The second-order valence-corrected chi connectivity index (χ2v) is 6.97. The highest BCUT2D eigenvalue weighted by Gasteiger charge is 2.17. The van der Waals surface area contributed by atoms with Crippen LogP contribution in [0.25, 0.3) is 0 Å². The first-order valence-electron chi connectivity index (χ1n) is 5.77. The van der Waals surface area contributed by atoms with E-state index in [2.05, 4.69) is 25.8 Å². The third-order valence-electron chi connectivity index (χ3n) is 2.82. The molecule has 0 aliphatic rings. The van der Waals surface area contributed by atoms with Gasteiger partial charge in [-0.25, -0.2) is 4.98 Å². The van der Waals surface area contributed by atoms with Crippen molar-refractivity contribution in [2.45, 2.75) is 32.3 Å². The van der Waals surface area contributed by atoms with Gasteiger partial charge < -0.3 is 5.11 Å². The van der Waals surface area contributed by atoms with Crippen molar-refractivity contribution in [1.29, 1.82) is 0 Å². The van der Waals surface area contributed by atoms with E-state index < -0.39 is 6.10 Å². The van der Waals surface area contributed by atoms with E-state index in [1.54, 1.807) is 6.20 Å². The van der Waals surface area contributed by atoms with Crippen LogP contribution in [0, 0.1) is 0 Å². The Labute approximate surface area is 116 Å². The Morgan fingerprint density at radius 1 is 1.22 bits per heavy atom. The van der Waals surface area contributed by atoms with Gasteiger partial charge in [-0.1, -0.05) is 56.6 Å². The number of nitrogens with zero attached hydrogens (tertiary/aromatic N) is 1. The highest BCUT2D eigenvalue weighted by molar-refractivity contribution is 7.15. The summed E-state index contributed by atoms with van der Waals surface area (Å²) < 4.78 is 0.593. The molecule has 0 spiro atoms. The minimum absolute atomic E-state index is 0.119. The van der Waals surface area contributed by atoms with E-state index in [9.17, 15) is 5.11 Å². The van der Waals surface area contributed by atoms with Crippen molar-refractivity contribution in [3.8, 4) is 0 Å². The normalized spacial score (nSPS) is 13.6. The molecular formula is C14H16ClNOS. The molecular weight excluding hydrogens is 266 g/mol. The fourth-order valence-corrected chi connectivity index (χ4v) is 2.65. The fraction of sp³-hybridized carbons (Fsp3) is 0.357. The second-order valence-electron chi connectivity index (χ2n) is 5.28. The summed E-state index contributed by atoms with van der Waals surface area (Å²) in [5.41, 5.74) is 2.21. The summed E-state index contributed by atoms with van der Waals surface area (Å²) >= 11 is 7.13. The molecule has 0 saturated carbocycles. The lowest BCUT2D eigenvalue weighted by molar-refractivity contribution is 0.219. The molecule has 0 aliphatic heterocycles. The number of halogens is 1. The van der Waals surface area contributed by atoms with Gasteiger partial charge in [0.2, 0.25) is 0 Å². The van der Waals surface area contributed by atoms with Crippen LogP contribution >= 0.6 is 22.9 Å². The molecule has 0 saturated heterocycles. The Morgan fingerprint density at radius 3 is 2.28 bits per heavy atom. The van der Waals surface area contributed by atoms with E-state index in [0.717, 1.165) is 5.56 Å². The van der Waals surface area contributed by atoms with Gasteiger partial charge in [-0.3, -0.25) is 0 Å². The monoisotopic (exact) mass is 281 g/mol. The molecule has 96 valence electrons. The second kappa shape index (κ2) is 5.00. The predicted octanol–water partition coefficient (Wildman–Crippen LogP) is 4.18. The fourth-order valence-electron chi connectivity index (χ4n) is 1.70. The molecule has 0 amide bonds. The average molecular weight is 282 g/mol. The number of hydrogen-bond donors (Lipinski definition) is 1. The molecule has 0 bridgehead atoms. The van der Waals surface area contributed by atoms with Gasteiger partial charge in [0.25, 0.3) is 0 Å². The minimum Gasteiger partial charge on any atom is -0.381 e. The Hall–Kier alpha value is -0.900. The quantitative estimate of drug-likeness (QED) is 0.896. The maximum absolute atomic E-state index is 10.2. The zero-order valence-corrected chi connectivity index (χ0v) is 12.2. The van der Waals surface area contributed by atoms with Crippen LogP contribution in [0.3, 0.4) is 0 Å². The molecule has 0 fully saturated rings. The van der Waals surface area contributed by atoms with Gasteiger partial charge in [0.05, 0.1) is 6.20 Å². The van der Waals surface area contributed by atoms with Crippen molar-refractivity contribution in [2.75, 3.05) is 0 Å². The number of benzene rings is 1. The number of aromatic nitrogens is 1. The van der Waals surface area contributed by atoms with Crippen LogP contribution in [0.15, 0.2) is 30.5 Å². The van der Waals surface area contributed by atoms with Crippen molar-refractivity contribution < 1.29 is 5.11 Å². The Kier molecular flexibility index (Phi) is 3.76. The lowest BCUT2D eigenvalue weighted by atomic mass is 9.86. The van der Waals surface area contributed by atoms with Crippen LogP contribution in [-0.4, -0.2) is 10.1 Å². The largest absolute Gasteiger partial charge is 0.381 e. The first-order chi connectivity index (χ1) is 8.38. The van der Waals surface area contributed by atoms with Crippen molar-refractivity contribution in [3.05, 3.63) is 50.9 Å². The minimum atomic E-state index is -0.698. The van der Waals surface area contributed by atoms with E-state index in [0.29, 0.717) is 9.34 Å². The first kappa shape index (κ1) is 13.5. The third kappa shape index (κ3) is 2.91. The zero-order valence-electron chi connectivity index (χ0n) is 10.6. The molecule has 1 heterocycles. The van der Waals surface area contributed by atoms with Crippen LogP contribution in [-0.2, 0) is 5.41 Å². The lowest BCUT2D eigenvalue weighted by Gasteiger charge is -2.19. The van der Waals surface area contributed by atoms with E-state index >= 15 is 0 Å². The molecule has 1 aromatic carbocycles. The number of rotatable bonds is 2. The van der Waals surface area contributed by atoms with Crippen molar-refractivity contribution >= 4 is 22.9 Å². The van der Waals surface area contributed by atoms with Gasteiger partial charge >= 0.3 is 0 Å². The Bertz CT molecular complexity index is 527. The standard InChI is InChI=1S/C14H16ClNOS/c1-14(2,3)10-6-4-9(5-7-10)12(17)13-16-8-11(15)18-13/h4-8,12,17H,1-3H3. The SMILES string of the molecule is CC(C)(C)c1ccc(C(O)c2ncc(Cl)s2)cc1. The van der Waals surface area contributed by atoms with E-state index in [1.165, 1.54) is 16.9 Å². The number of thiazole rings is 1. The van der Waals surface area contributed by atoms with Gasteiger partial charge in [-0.2, -0.15) is 0 Å². The van der Waals surface area contributed by atoms with Gasteiger partial charge in [0.15, 0.2) is 0 Å². The zero-order chi connectivity index (χ0) is 13.3. The third-order valence-corrected chi connectivity index (χ3v) is 3.99. The van der Waals surface area contributed by atoms with Crippen molar-refractivity contribution in [3.63, 3.8) is 0 Å². The van der Waals surface area contributed by atoms with Gasteiger partial charge in [0, 0.05) is 0 Å². The average Bonchev–Trinajstić information content (AvgIpc) is 2.74. The van der Waals surface area contributed by atoms with Crippen LogP contribution in [0.4, 0.5) is 0 Å². The van der Waals surface area contributed by atoms with Gasteiger partial charge in [-0.15, -0.1) is 11.3 Å². The molecule has 2 aromatic rings. The molecule has 1 aromatic heterocycles. The maximum atomic E-state index is 10.2. The van der Waals surface area contributed by atoms with E-state index in [-0.39, 0.29) is 5.41 Å². The molecule has 1 atom stereocenters. The smallest absolute Gasteiger partial charge is 0.131 e. The van der Waals surface area contributed by atoms with Crippen molar-refractivity contribution in [2.24, 2.45) is 0 Å². The molecule has 1 N–H and O–H groups in total. The highest BCUT2D eigenvalue weighted by atomic mass is 35.5. The Morgan fingerprint density at radius 2 is 1.83 bits per heavy atom.